The lowest BCUT2D eigenvalue weighted by atomic mass is 10.0. The van der Waals surface area contributed by atoms with Crippen molar-refractivity contribution in [1.29, 1.82) is 0 Å². The fourth-order valence-corrected chi connectivity index (χ4v) is 3.32. The molecule has 0 aromatic heterocycles. The third-order valence-corrected chi connectivity index (χ3v) is 4.83. The van der Waals surface area contributed by atoms with E-state index >= 15 is 0 Å². The summed E-state index contributed by atoms with van der Waals surface area (Å²) in [5.74, 6) is -0.0209. The molecular weight excluding hydrogens is 436 g/mol. The zero-order valence-electron chi connectivity index (χ0n) is 16.9. The Bertz CT molecular complexity index is 1040. The summed E-state index contributed by atoms with van der Waals surface area (Å²) in [6.07, 6.45) is 3.75. The highest BCUT2D eigenvalue weighted by Gasteiger charge is 2.26. The van der Waals surface area contributed by atoms with Crippen LogP contribution in [0.15, 0.2) is 54.6 Å². The molecule has 1 aliphatic rings. The van der Waals surface area contributed by atoms with Crippen molar-refractivity contribution in [3.05, 3.63) is 76.3 Å². The normalized spacial score (nSPS) is 13.4. The molecule has 0 spiro atoms. The summed E-state index contributed by atoms with van der Waals surface area (Å²) in [7, 11) is 0. The Morgan fingerprint density at radius 3 is 2.39 bits per heavy atom. The molecule has 8 heteroatoms. The minimum Gasteiger partial charge on any atom is -0.490 e. The molecule has 1 heterocycles. The number of hydrogen-bond donors (Lipinski definition) is 2. The molecule has 0 saturated carbocycles. The summed E-state index contributed by atoms with van der Waals surface area (Å²) in [6.45, 7) is 6.42. The number of thiocarbonyl (C=S) groups is 1. The average molecular weight is 457 g/mol. The van der Waals surface area contributed by atoms with Crippen molar-refractivity contribution in [3.63, 3.8) is 0 Å². The highest BCUT2D eigenvalue weighted by Crippen LogP contribution is 2.35. The molecule has 3 rings (SSSR count). The van der Waals surface area contributed by atoms with Gasteiger partial charge in [0.2, 0.25) is 0 Å². The second kappa shape index (κ2) is 10.2. The van der Waals surface area contributed by atoms with Gasteiger partial charge in [-0.1, -0.05) is 29.8 Å². The molecule has 160 valence electrons. The average Bonchev–Trinajstić information content (AvgIpc) is 2.72. The topological polar surface area (TPSA) is 76.7 Å². The molecule has 1 fully saturated rings. The summed E-state index contributed by atoms with van der Waals surface area (Å²) in [5, 5.41) is 5.49. The molecular formula is C23H21ClN2O4S. The summed E-state index contributed by atoms with van der Waals surface area (Å²) in [5.41, 5.74) is 2.34. The SMILES string of the molecule is C=CCc1cc(C=C2C(=O)NC(=S)NC2=O)cc(OCC)c1OCc1ccc(Cl)cc1. The Kier molecular flexibility index (Phi) is 7.44. The van der Waals surface area contributed by atoms with Gasteiger partial charge in [-0.25, -0.2) is 0 Å². The molecule has 1 saturated heterocycles. The van der Waals surface area contributed by atoms with Crippen molar-refractivity contribution >= 4 is 46.8 Å². The molecule has 2 aromatic carbocycles. The van der Waals surface area contributed by atoms with Crippen molar-refractivity contribution in [2.75, 3.05) is 6.61 Å². The van der Waals surface area contributed by atoms with E-state index < -0.39 is 11.8 Å². The lowest BCUT2D eigenvalue weighted by Crippen LogP contribution is -2.51. The maximum atomic E-state index is 12.2. The molecule has 2 aromatic rings. The second-order valence-corrected chi connectivity index (χ2v) is 7.49. The van der Waals surface area contributed by atoms with E-state index in [1.54, 1.807) is 24.3 Å². The Balaban J connectivity index is 1.97. The summed E-state index contributed by atoms with van der Waals surface area (Å²) in [4.78, 5) is 24.4. The quantitative estimate of drug-likeness (QED) is 0.272. The van der Waals surface area contributed by atoms with Gasteiger partial charge < -0.3 is 9.47 Å². The minimum absolute atomic E-state index is 0.0135. The van der Waals surface area contributed by atoms with Crippen molar-refractivity contribution in [3.8, 4) is 11.5 Å². The number of carbonyl (C=O) groups excluding carboxylic acids is 2. The molecule has 2 N–H and O–H groups in total. The predicted octanol–water partition coefficient (Wildman–Crippen LogP) is 3.96. The van der Waals surface area contributed by atoms with E-state index in [0.29, 0.717) is 41.7 Å². The van der Waals surface area contributed by atoms with Crippen LogP contribution in [0.1, 0.15) is 23.6 Å². The molecule has 31 heavy (non-hydrogen) atoms. The summed E-state index contributed by atoms with van der Waals surface area (Å²) < 4.78 is 11.9. The van der Waals surface area contributed by atoms with Crippen LogP contribution in [-0.4, -0.2) is 23.5 Å². The van der Waals surface area contributed by atoms with Crippen molar-refractivity contribution < 1.29 is 19.1 Å². The molecule has 0 unspecified atom stereocenters. The van der Waals surface area contributed by atoms with Crippen LogP contribution < -0.4 is 20.1 Å². The van der Waals surface area contributed by atoms with Gasteiger partial charge in [0.15, 0.2) is 16.6 Å². The number of benzene rings is 2. The molecule has 0 radical (unpaired) electrons. The zero-order valence-corrected chi connectivity index (χ0v) is 18.4. The standard InChI is InChI=1S/C23H21ClN2O4S/c1-3-5-16-10-15(11-18-21(27)25-23(31)26-22(18)28)12-19(29-4-2)20(16)30-13-14-6-8-17(24)9-7-14/h3,6-12H,1,4-5,13H2,2H3,(H2,25,26,27,28,31). The molecule has 0 aliphatic carbocycles. The molecule has 6 nitrogen and oxygen atoms in total. The van der Waals surface area contributed by atoms with Gasteiger partial charge in [-0.3, -0.25) is 20.2 Å². The van der Waals surface area contributed by atoms with Gasteiger partial charge in [0.05, 0.1) is 6.61 Å². The number of allylic oxidation sites excluding steroid dienone is 1. The number of halogens is 1. The number of ether oxygens (including phenoxy) is 2. The zero-order chi connectivity index (χ0) is 22.4. The van der Waals surface area contributed by atoms with Gasteiger partial charge in [-0.15, -0.1) is 6.58 Å². The summed E-state index contributed by atoms with van der Waals surface area (Å²) in [6, 6.07) is 10.9. The third-order valence-electron chi connectivity index (χ3n) is 4.37. The van der Waals surface area contributed by atoms with Crippen LogP contribution in [0.25, 0.3) is 6.08 Å². The number of amides is 2. The van der Waals surface area contributed by atoms with E-state index in [1.165, 1.54) is 6.08 Å². The van der Waals surface area contributed by atoms with E-state index in [4.69, 9.17) is 33.3 Å². The highest BCUT2D eigenvalue weighted by molar-refractivity contribution is 7.80. The fraction of sp³-hybridized carbons (Fsp3) is 0.174. The molecule has 0 bridgehead atoms. The summed E-state index contributed by atoms with van der Waals surface area (Å²) >= 11 is 10.8. The van der Waals surface area contributed by atoms with Crippen LogP contribution in [0, 0.1) is 0 Å². The van der Waals surface area contributed by atoms with Crippen molar-refractivity contribution in [1.82, 2.24) is 10.6 Å². The van der Waals surface area contributed by atoms with E-state index in [-0.39, 0.29) is 10.7 Å². The van der Waals surface area contributed by atoms with Crippen LogP contribution in [0.2, 0.25) is 5.02 Å². The lowest BCUT2D eigenvalue weighted by Gasteiger charge is -2.18. The van der Waals surface area contributed by atoms with Crippen LogP contribution >= 0.6 is 23.8 Å². The number of nitrogens with one attached hydrogen (secondary N) is 2. The van der Waals surface area contributed by atoms with E-state index in [9.17, 15) is 9.59 Å². The Labute approximate surface area is 190 Å². The van der Waals surface area contributed by atoms with Gasteiger partial charge >= 0.3 is 0 Å². The largest absolute Gasteiger partial charge is 0.490 e. The highest BCUT2D eigenvalue weighted by atomic mass is 35.5. The van der Waals surface area contributed by atoms with Crippen molar-refractivity contribution in [2.45, 2.75) is 20.0 Å². The van der Waals surface area contributed by atoms with Crippen LogP contribution in [-0.2, 0) is 22.6 Å². The van der Waals surface area contributed by atoms with E-state index in [2.05, 4.69) is 17.2 Å². The third kappa shape index (κ3) is 5.71. The van der Waals surface area contributed by atoms with Gasteiger partial charge in [0.1, 0.15) is 12.2 Å². The van der Waals surface area contributed by atoms with Crippen LogP contribution in [0.3, 0.4) is 0 Å². The predicted molar refractivity (Wildman–Crippen MR) is 124 cm³/mol. The van der Waals surface area contributed by atoms with E-state index in [1.807, 2.05) is 25.1 Å². The first-order valence-electron chi connectivity index (χ1n) is 9.57. The van der Waals surface area contributed by atoms with Crippen LogP contribution in [0.4, 0.5) is 0 Å². The Hall–Kier alpha value is -3.16. The van der Waals surface area contributed by atoms with Crippen LogP contribution in [0.5, 0.6) is 11.5 Å². The maximum Gasteiger partial charge on any atom is 0.263 e. The van der Waals surface area contributed by atoms with Gasteiger partial charge in [-0.2, -0.15) is 0 Å². The number of carbonyl (C=O) groups is 2. The van der Waals surface area contributed by atoms with Gasteiger partial charge in [-0.05, 0) is 67.0 Å². The molecule has 2 amide bonds. The maximum absolute atomic E-state index is 12.2. The number of hydrogen-bond acceptors (Lipinski definition) is 5. The first-order valence-corrected chi connectivity index (χ1v) is 10.4. The minimum atomic E-state index is -0.556. The van der Waals surface area contributed by atoms with Crippen molar-refractivity contribution in [2.24, 2.45) is 0 Å². The fourth-order valence-electron chi connectivity index (χ4n) is 3.01. The Morgan fingerprint density at radius 2 is 1.77 bits per heavy atom. The second-order valence-electron chi connectivity index (χ2n) is 6.64. The molecule has 1 aliphatic heterocycles. The van der Waals surface area contributed by atoms with Gasteiger partial charge in [0, 0.05) is 10.6 Å². The lowest BCUT2D eigenvalue weighted by molar-refractivity contribution is -0.123. The molecule has 0 atom stereocenters. The first kappa shape index (κ1) is 22.5. The number of rotatable bonds is 8. The monoisotopic (exact) mass is 456 g/mol. The van der Waals surface area contributed by atoms with Gasteiger partial charge in [0.25, 0.3) is 11.8 Å². The van der Waals surface area contributed by atoms with E-state index in [0.717, 1.165) is 11.1 Å². The Morgan fingerprint density at radius 1 is 1.10 bits per heavy atom. The smallest absolute Gasteiger partial charge is 0.263 e. The first-order chi connectivity index (χ1) is 14.9.